The first-order valence-electron chi connectivity index (χ1n) is 8.66. The average Bonchev–Trinajstić information content (AvgIpc) is 2.61. The molecule has 0 bridgehead atoms. The van der Waals surface area contributed by atoms with Crippen LogP contribution in [0.2, 0.25) is 0 Å². The standard InChI is InChI=1S/C15H19B2N3O2.C2H6/c1-11-9-20(10-11)15(16,17)13-4-2-3-12(18-13)14(21)19-5-7-22-8-6-19;1-2/h2-4,11H,5-10H2,1H3;1-2H3. The number of nitrogens with zero attached hydrogens (tertiary/aromatic N) is 3. The summed E-state index contributed by atoms with van der Waals surface area (Å²) in [5.41, 5.74) is 0.909. The Labute approximate surface area is 147 Å². The van der Waals surface area contributed by atoms with Crippen molar-refractivity contribution in [2.24, 2.45) is 5.92 Å². The molecule has 3 rings (SSSR count). The number of carbonyl (C=O) groups is 1. The topological polar surface area (TPSA) is 45.7 Å². The van der Waals surface area contributed by atoms with Crippen LogP contribution in [0.25, 0.3) is 0 Å². The Kier molecular flexibility index (Phi) is 6.47. The summed E-state index contributed by atoms with van der Waals surface area (Å²) in [6.45, 7) is 10.1. The van der Waals surface area contributed by atoms with Gasteiger partial charge in [-0.1, -0.05) is 26.8 Å². The first-order valence-corrected chi connectivity index (χ1v) is 8.66. The number of amides is 1. The van der Waals surface area contributed by atoms with Crippen LogP contribution in [0.4, 0.5) is 0 Å². The second kappa shape index (κ2) is 8.17. The summed E-state index contributed by atoms with van der Waals surface area (Å²) in [7, 11) is 12.5. The lowest BCUT2D eigenvalue weighted by Gasteiger charge is -2.49. The monoisotopic (exact) mass is 325 g/mol. The summed E-state index contributed by atoms with van der Waals surface area (Å²) in [4.78, 5) is 20.6. The molecule has 5 nitrogen and oxygen atoms in total. The van der Waals surface area contributed by atoms with Gasteiger partial charge in [0.15, 0.2) is 0 Å². The molecule has 0 spiro atoms. The molecule has 0 saturated carbocycles. The van der Waals surface area contributed by atoms with E-state index in [2.05, 4.69) is 11.9 Å². The van der Waals surface area contributed by atoms with E-state index in [4.69, 9.17) is 20.4 Å². The van der Waals surface area contributed by atoms with Gasteiger partial charge in [-0.15, -0.1) is 0 Å². The quantitative estimate of drug-likeness (QED) is 0.778. The number of rotatable bonds is 3. The van der Waals surface area contributed by atoms with Gasteiger partial charge in [0.2, 0.25) is 0 Å². The van der Waals surface area contributed by atoms with Crippen molar-refractivity contribution in [2.45, 2.75) is 26.1 Å². The molecule has 1 aromatic heterocycles. The number of aromatic nitrogens is 1. The normalized spacial score (nSPS) is 19.2. The number of likely N-dealkylation sites (tertiary alicyclic amines) is 1. The SMILES string of the molecule is CC.[B]C([B])(c1cccc(C(=O)N2CCOCC2)n1)N1CC(C)C1. The number of carbonyl (C=O) groups excluding carboxylic acids is 1. The van der Waals surface area contributed by atoms with Gasteiger partial charge in [-0.3, -0.25) is 4.79 Å². The van der Waals surface area contributed by atoms with Gasteiger partial charge >= 0.3 is 0 Å². The first kappa shape index (κ1) is 19.0. The van der Waals surface area contributed by atoms with Gasteiger partial charge in [0.1, 0.15) is 5.69 Å². The highest BCUT2D eigenvalue weighted by Gasteiger charge is 2.36. The molecule has 126 valence electrons. The Hall–Kier alpha value is -1.33. The Morgan fingerprint density at radius 2 is 1.88 bits per heavy atom. The van der Waals surface area contributed by atoms with E-state index in [0.717, 1.165) is 13.1 Å². The van der Waals surface area contributed by atoms with E-state index in [0.29, 0.717) is 43.6 Å². The second-order valence-electron chi connectivity index (χ2n) is 6.15. The fourth-order valence-electron chi connectivity index (χ4n) is 2.87. The second-order valence-corrected chi connectivity index (χ2v) is 6.15. The van der Waals surface area contributed by atoms with Crippen molar-refractivity contribution >= 4 is 21.6 Å². The van der Waals surface area contributed by atoms with E-state index >= 15 is 0 Å². The molecule has 0 atom stereocenters. The van der Waals surface area contributed by atoms with Gasteiger partial charge in [0, 0.05) is 31.9 Å². The van der Waals surface area contributed by atoms with Gasteiger partial charge in [-0.25, -0.2) is 4.98 Å². The molecule has 2 aliphatic rings. The van der Waals surface area contributed by atoms with Crippen LogP contribution in [0.5, 0.6) is 0 Å². The number of hydrogen-bond acceptors (Lipinski definition) is 4. The average molecular weight is 325 g/mol. The highest BCUT2D eigenvalue weighted by molar-refractivity contribution is 6.39. The van der Waals surface area contributed by atoms with Crippen LogP contribution in [-0.4, -0.2) is 75.8 Å². The zero-order chi connectivity index (χ0) is 17.7. The molecular weight excluding hydrogens is 300 g/mol. The van der Waals surface area contributed by atoms with E-state index in [1.54, 1.807) is 23.1 Å². The number of pyridine rings is 1. The highest BCUT2D eigenvalue weighted by atomic mass is 16.5. The maximum atomic E-state index is 12.5. The van der Waals surface area contributed by atoms with E-state index in [9.17, 15) is 4.79 Å². The molecule has 2 fully saturated rings. The van der Waals surface area contributed by atoms with E-state index in [-0.39, 0.29) is 5.91 Å². The summed E-state index contributed by atoms with van der Waals surface area (Å²) in [6.07, 6.45) is 0. The molecule has 0 N–H and O–H groups in total. The van der Waals surface area contributed by atoms with Crippen molar-refractivity contribution in [1.82, 2.24) is 14.8 Å². The van der Waals surface area contributed by atoms with Gasteiger partial charge < -0.3 is 14.5 Å². The summed E-state index contributed by atoms with van der Waals surface area (Å²) >= 11 is 0. The first-order chi connectivity index (χ1) is 11.5. The predicted octanol–water partition coefficient (Wildman–Crippen LogP) is 0.979. The van der Waals surface area contributed by atoms with E-state index in [1.165, 1.54) is 0 Å². The fraction of sp³-hybridized carbons (Fsp3) is 0.647. The molecule has 3 heterocycles. The molecule has 2 saturated heterocycles. The van der Waals surface area contributed by atoms with Gasteiger partial charge in [0.25, 0.3) is 5.91 Å². The molecule has 1 amide bonds. The smallest absolute Gasteiger partial charge is 0.272 e. The van der Waals surface area contributed by atoms with E-state index in [1.807, 2.05) is 18.7 Å². The van der Waals surface area contributed by atoms with Crippen LogP contribution < -0.4 is 0 Å². The van der Waals surface area contributed by atoms with Gasteiger partial charge in [-0.2, -0.15) is 0 Å². The van der Waals surface area contributed by atoms with E-state index < -0.39 is 5.34 Å². The minimum absolute atomic E-state index is 0.0991. The van der Waals surface area contributed by atoms with Crippen LogP contribution in [0, 0.1) is 5.92 Å². The fourth-order valence-corrected chi connectivity index (χ4v) is 2.87. The third-order valence-electron chi connectivity index (χ3n) is 4.26. The van der Waals surface area contributed by atoms with Crippen molar-refractivity contribution in [1.29, 1.82) is 0 Å². The Bertz CT molecular complexity index is 557. The molecule has 0 aliphatic carbocycles. The van der Waals surface area contributed by atoms with Crippen LogP contribution in [0.3, 0.4) is 0 Å². The van der Waals surface area contributed by atoms with Crippen LogP contribution in [0.15, 0.2) is 18.2 Å². The number of hydrogen-bond donors (Lipinski definition) is 0. The highest BCUT2D eigenvalue weighted by Crippen LogP contribution is 2.28. The Morgan fingerprint density at radius 1 is 1.25 bits per heavy atom. The Balaban J connectivity index is 0.00000100. The molecule has 4 radical (unpaired) electrons. The summed E-state index contributed by atoms with van der Waals surface area (Å²) in [5.74, 6) is 0.488. The van der Waals surface area contributed by atoms with Gasteiger partial charge in [-0.05, 0) is 23.4 Å². The third-order valence-corrected chi connectivity index (χ3v) is 4.26. The molecule has 1 aromatic rings. The molecule has 24 heavy (non-hydrogen) atoms. The Morgan fingerprint density at radius 3 is 2.46 bits per heavy atom. The lowest BCUT2D eigenvalue weighted by Crippen LogP contribution is -2.58. The molecule has 0 aromatic carbocycles. The van der Waals surface area contributed by atoms with Gasteiger partial charge in [0.05, 0.1) is 28.9 Å². The zero-order valence-electron chi connectivity index (χ0n) is 14.9. The maximum Gasteiger partial charge on any atom is 0.272 e. The summed E-state index contributed by atoms with van der Waals surface area (Å²) in [5, 5.41) is -1.13. The minimum Gasteiger partial charge on any atom is -0.378 e. The summed E-state index contributed by atoms with van der Waals surface area (Å²) < 4.78 is 5.27. The third kappa shape index (κ3) is 4.01. The van der Waals surface area contributed by atoms with Crippen molar-refractivity contribution in [3.05, 3.63) is 29.6 Å². The zero-order valence-corrected chi connectivity index (χ0v) is 14.9. The summed E-state index contributed by atoms with van der Waals surface area (Å²) in [6, 6.07) is 5.27. The molecule has 0 unspecified atom stereocenters. The van der Waals surface area contributed by atoms with Crippen molar-refractivity contribution in [3.63, 3.8) is 0 Å². The van der Waals surface area contributed by atoms with Crippen molar-refractivity contribution in [2.75, 3.05) is 39.4 Å². The number of ether oxygens (including phenoxy) is 1. The minimum atomic E-state index is -1.13. The van der Waals surface area contributed by atoms with Crippen LogP contribution >= 0.6 is 0 Å². The molecular formula is C17H25B2N3O2. The molecule has 2 aliphatic heterocycles. The van der Waals surface area contributed by atoms with Crippen LogP contribution in [0.1, 0.15) is 37.0 Å². The predicted molar refractivity (Wildman–Crippen MR) is 96.2 cm³/mol. The van der Waals surface area contributed by atoms with Crippen molar-refractivity contribution < 1.29 is 9.53 Å². The lowest BCUT2D eigenvalue weighted by atomic mass is 9.57. The van der Waals surface area contributed by atoms with Crippen molar-refractivity contribution in [3.8, 4) is 0 Å². The van der Waals surface area contributed by atoms with Crippen LogP contribution in [-0.2, 0) is 10.1 Å². The molecule has 7 heteroatoms. The maximum absolute atomic E-state index is 12.5. The number of morpholine rings is 1. The largest absolute Gasteiger partial charge is 0.378 e. The lowest BCUT2D eigenvalue weighted by molar-refractivity contribution is 0.0298.